The Morgan fingerprint density at radius 3 is 1.48 bits per heavy atom. The molecule has 0 bridgehead atoms. The zero-order valence-corrected chi connectivity index (χ0v) is 25.3. The second-order valence-corrected chi connectivity index (χ2v) is 11.5. The fourth-order valence-corrected chi connectivity index (χ4v) is 6.31. The average Bonchev–Trinajstić information content (AvgIpc) is 3.55. The van der Waals surface area contributed by atoms with E-state index in [9.17, 15) is 19.2 Å². The topological polar surface area (TPSA) is 142 Å². The Kier molecular flexibility index (Phi) is 10.5. The predicted molar refractivity (Wildman–Crippen MR) is 161 cm³/mol. The van der Waals surface area contributed by atoms with Gasteiger partial charge in [-0.1, -0.05) is 47.8 Å². The van der Waals surface area contributed by atoms with Crippen LogP contribution in [0.15, 0.2) is 58.7 Å². The highest BCUT2D eigenvalue weighted by Crippen LogP contribution is 2.40. The highest BCUT2D eigenvalue weighted by atomic mass is 32.2. The molecule has 0 fully saturated rings. The van der Waals surface area contributed by atoms with Gasteiger partial charge in [-0.2, -0.15) is 0 Å². The molecule has 0 saturated carbocycles. The number of hydrogen-bond donors (Lipinski definition) is 2. The smallest absolute Gasteiger partial charge is 0.241 e. The second kappa shape index (κ2) is 14.2. The van der Waals surface area contributed by atoms with Crippen molar-refractivity contribution in [3.8, 4) is 11.5 Å². The maximum atomic E-state index is 12.1. The van der Waals surface area contributed by atoms with Gasteiger partial charge in [0.15, 0.2) is 10.3 Å². The number of benzene rings is 2. The fourth-order valence-electron chi connectivity index (χ4n) is 4.06. The van der Waals surface area contributed by atoms with Crippen molar-refractivity contribution in [2.24, 2.45) is 10.2 Å². The maximum absolute atomic E-state index is 12.1. The molecule has 0 spiro atoms. The van der Waals surface area contributed by atoms with Gasteiger partial charge in [0.1, 0.15) is 22.2 Å². The number of amidine groups is 2. The molecule has 2 aromatic rings. The SMILES string of the molecule is CC(=O)NC1=NN(C(C)=O)C(c2cccc(OCCCCOc3cccc(C4SC(NC(C)=O)=NN4C(C)=O)c3)c2)S1. The summed E-state index contributed by atoms with van der Waals surface area (Å²) in [6.07, 6.45) is 1.50. The van der Waals surface area contributed by atoms with E-state index in [4.69, 9.17) is 9.47 Å². The molecule has 2 aromatic carbocycles. The lowest BCUT2D eigenvalue weighted by molar-refractivity contribution is -0.130. The van der Waals surface area contributed by atoms with Gasteiger partial charge >= 0.3 is 0 Å². The molecule has 2 atom stereocenters. The van der Waals surface area contributed by atoms with E-state index in [1.165, 1.54) is 61.2 Å². The molecule has 0 aliphatic carbocycles. The Balaban J connectivity index is 1.24. The average molecular weight is 613 g/mol. The first-order valence-corrected chi connectivity index (χ1v) is 15.0. The minimum absolute atomic E-state index is 0.231. The van der Waals surface area contributed by atoms with Gasteiger partial charge in [-0.05, 0) is 48.2 Å². The molecule has 2 N–H and O–H groups in total. The quantitative estimate of drug-likeness (QED) is 0.406. The van der Waals surface area contributed by atoms with E-state index in [0.29, 0.717) is 35.0 Å². The molecule has 2 aliphatic rings. The number of hydrogen-bond acceptors (Lipinski definition) is 10. The zero-order chi connectivity index (χ0) is 30.2. The first-order valence-electron chi connectivity index (χ1n) is 13.2. The van der Waals surface area contributed by atoms with Crippen molar-refractivity contribution < 1.29 is 28.7 Å². The summed E-state index contributed by atoms with van der Waals surface area (Å²) in [5, 5.41) is 16.4. The number of thioether (sulfide) groups is 2. The predicted octanol–water partition coefficient (Wildman–Crippen LogP) is 3.93. The summed E-state index contributed by atoms with van der Waals surface area (Å²) in [6, 6.07) is 14.9. The van der Waals surface area contributed by atoms with E-state index < -0.39 is 10.7 Å². The number of ether oxygens (including phenoxy) is 2. The van der Waals surface area contributed by atoms with Gasteiger partial charge < -0.3 is 20.1 Å². The molecule has 2 aliphatic heterocycles. The van der Waals surface area contributed by atoms with Gasteiger partial charge in [0.05, 0.1) is 13.2 Å². The van der Waals surface area contributed by atoms with Crippen molar-refractivity contribution in [2.75, 3.05) is 13.2 Å². The van der Waals surface area contributed by atoms with Crippen molar-refractivity contribution in [1.82, 2.24) is 20.7 Å². The number of carbonyl (C=O) groups is 4. The summed E-state index contributed by atoms with van der Waals surface area (Å²) in [6.45, 7) is 6.60. The molecule has 0 aromatic heterocycles. The van der Waals surface area contributed by atoms with E-state index in [0.717, 1.165) is 24.0 Å². The summed E-state index contributed by atoms with van der Waals surface area (Å²) in [5.41, 5.74) is 1.66. The Morgan fingerprint density at radius 1 is 0.714 bits per heavy atom. The highest BCUT2D eigenvalue weighted by molar-refractivity contribution is 8.14. The van der Waals surface area contributed by atoms with Crippen LogP contribution in [-0.4, -0.2) is 57.2 Å². The summed E-state index contributed by atoms with van der Waals surface area (Å²) in [7, 11) is 0. The summed E-state index contributed by atoms with van der Waals surface area (Å²) in [4.78, 5) is 47.1. The first-order chi connectivity index (χ1) is 20.1. The molecule has 222 valence electrons. The van der Waals surface area contributed by atoms with Crippen LogP contribution in [0.3, 0.4) is 0 Å². The van der Waals surface area contributed by atoms with Crippen molar-refractivity contribution in [2.45, 2.75) is 51.3 Å². The van der Waals surface area contributed by atoms with Gasteiger partial charge in [-0.15, -0.1) is 10.2 Å². The molecule has 4 amide bonds. The van der Waals surface area contributed by atoms with E-state index in [1.54, 1.807) is 0 Å². The van der Waals surface area contributed by atoms with Gasteiger partial charge in [0.25, 0.3) is 0 Å². The number of nitrogens with one attached hydrogen (secondary N) is 2. The van der Waals surface area contributed by atoms with Crippen molar-refractivity contribution in [1.29, 1.82) is 0 Å². The third-order valence-corrected chi connectivity index (χ3v) is 8.07. The van der Waals surface area contributed by atoms with Crippen molar-refractivity contribution in [3.63, 3.8) is 0 Å². The van der Waals surface area contributed by atoms with Crippen LogP contribution in [0, 0.1) is 0 Å². The van der Waals surface area contributed by atoms with Crippen molar-refractivity contribution >= 4 is 57.5 Å². The highest BCUT2D eigenvalue weighted by Gasteiger charge is 2.33. The maximum Gasteiger partial charge on any atom is 0.241 e. The second-order valence-electron chi connectivity index (χ2n) is 9.39. The number of unbranched alkanes of at least 4 members (excludes halogenated alkanes) is 1. The minimum Gasteiger partial charge on any atom is -0.494 e. The Bertz CT molecular complexity index is 1310. The number of carbonyl (C=O) groups excluding carboxylic acids is 4. The van der Waals surface area contributed by atoms with Crippen LogP contribution in [0.5, 0.6) is 11.5 Å². The standard InChI is InChI=1S/C28H32N6O6S2/c1-17(35)29-27-31-33(19(3)37)25(41-27)21-9-7-11-23(15-21)39-13-5-6-14-40-24-12-8-10-22(16-24)26-34(20(4)38)32-28(42-26)30-18(2)36/h7-12,15-16,25-26H,5-6,13-14H2,1-4H3,(H,29,31,35)(H,30,32,36). The van der Waals surface area contributed by atoms with E-state index >= 15 is 0 Å². The molecular weight excluding hydrogens is 580 g/mol. The van der Waals surface area contributed by atoms with Gasteiger partial charge in [0.2, 0.25) is 23.6 Å². The van der Waals surface area contributed by atoms with Crippen LogP contribution in [0.1, 0.15) is 62.4 Å². The van der Waals surface area contributed by atoms with Crippen LogP contribution in [0.4, 0.5) is 0 Å². The zero-order valence-electron chi connectivity index (χ0n) is 23.7. The Labute approximate surface area is 252 Å². The lowest BCUT2D eigenvalue weighted by atomic mass is 10.2. The third-order valence-electron chi connectivity index (χ3n) is 5.86. The third kappa shape index (κ3) is 8.26. The Hall–Kier alpha value is -4.04. The van der Waals surface area contributed by atoms with Gasteiger partial charge in [-0.25, -0.2) is 10.0 Å². The Morgan fingerprint density at radius 2 is 1.12 bits per heavy atom. The summed E-state index contributed by atoms with van der Waals surface area (Å²) < 4.78 is 11.9. The van der Waals surface area contributed by atoms with Crippen LogP contribution in [0.2, 0.25) is 0 Å². The van der Waals surface area contributed by atoms with Crippen LogP contribution in [0.25, 0.3) is 0 Å². The van der Waals surface area contributed by atoms with Crippen LogP contribution < -0.4 is 20.1 Å². The molecule has 2 unspecified atom stereocenters. The van der Waals surface area contributed by atoms with Gasteiger partial charge in [-0.3, -0.25) is 19.2 Å². The monoisotopic (exact) mass is 612 g/mol. The molecule has 12 nitrogen and oxygen atoms in total. The molecule has 0 radical (unpaired) electrons. The number of nitrogens with zero attached hydrogens (tertiary/aromatic N) is 4. The van der Waals surface area contributed by atoms with Crippen LogP contribution in [-0.2, 0) is 19.2 Å². The number of amides is 4. The molecule has 0 saturated heterocycles. The summed E-state index contributed by atoms with van der Waals surface area (Å²) in [5.74, 6) is 0.375. The first kappa shape index (κ1) is 30.9. The fraction of sp³-hybridized carbons (Fsp3) is 0.357. The van der Waals surface area contributed by atoms with Crippen LogP contribution >= 0.6 is 23.5 Å². The molecular formula is C28H32N6O6S2. The van der Waals surface area contributed by atoms with Gasteiger partial charge in [0, 0.05) is 27.7 Å². The molecule has 42 heavy (non-hydrogen) atoms. The van der Waals surface area contributed by atoms with E-state index in [2.05, 4.69) is 20.8 Å². The number of rotatable bonds is 9. The largest absolute Gasteiger partial charge is 0.494 e. The minimum atomic E-state index is -0.397. The van der Waals surface area contributed by atoms with Crippen molar-refractivity contribution in [3.05, 3.63) is 59.7 Å². The number of hydrazone groups is 2. The molecule has 2 heterocycles. The lowest BCUT2D eigenvalue weighted by Crippen LogP contribution is -2.25. The van der Waals surface area contributed by atoms with E-state index in [1.807, 2.05) is 48.5 Å². The lowest BCUT2D eigenvalue weighted by Gasteiger charge is -2.20. The normalized spacial score (nSPS) is 17.8. The summed E-state index contributed by atoms with van der Waals surface area (Å²) >= 11 is 2.58. The van der Waals surface area contributed by atoms with E-state index in [-0.39, 0.29) is 23.6 Å². The molecule has 4 rings (SSSR count). The molecule has 14 heteroatoms.